The van der Waals surface area contributed by atoms with E-state index in [1.165, 1.54) is 0 Å². The van der Waals surface area contributed by atoms with Crippen molar-refractivity contribution in [1.29, 1.82) is 0 Å². The van der Waals surface area contributed by atoms with Gasteiger partial charge in [-0.1, -0.05) is 0 Å². The average molecular weight is 277 g/mol. The van der Waals surface area contributed by atoms with E-state index in [2.05, 4.69) is 4.90 Å². The molecule has 2 heterocycles. The van der Waals surface area contributed by atoms with Crippen LogP contribution in [0.25, 0.3) is 0 Å². The highest BCUT2D eigenvalue weighted by Crippen LogP contribution is 2.19. The Morgan fingerprint density at radius 2 is 2.17 bits per heavy atom. The summed E-state index contributed by atoms with van der Waals surface area (Å²) in [5, 5.41) is 0. The molecule has 0 aliphatic carbocycles. The van der Waals surface area contributed by atoms with Crippen LogP contribution in [0, 0.1) is 0 Å². The van der Waals surface area contributed by atoms with Gasteiger partial charge in [-0.25, -0.2) is 8.42 Å². The van der Waals surface area contributed by atoms with Crippen LogP contribution in [0.5, 0.6) is 0 Å². The molecule has 2 aliphatic rings. The lowest BCUT2D eigenvalue weighted by Crippen LogP contribution is -2.57. The summed E-state index contributed by atoms with van der Waals surface area (Å²) in [6.07, 6.45) is 1.68. The number of nitrogens with zero attached hydrogens (tertiary/aromatic N) is 2. The predicted molar refractivity (Wildman–Crippen MR) is 69.8 cm³/mol. The molecular formula is C11H23N3O3S. The molecule has 0 aromatic carbocycles. The molecule has 2 atom stereocenters. The number of hydrogen-bond acceptors (Lipinski definition) is 5. The molecule has 6 nitrogen and oxygen atoms in total. The normalized spacial score (nSPS) is 31.9. The minimum atomic E-state index is -3.25. The molecule has 0 aromatic rings. The molecule has 0 aromatic heterocycles. The Bertz CT molecular complexity index is 368. The number of piperazine rings is 1. The predicted octanol–water partition coefficient (Wildman–Crippen LogP) is -0.930. The van der Waals surface area contributed by atoms with E-state index in [0.717, 1.165) is 19.4 Å². The second-order valence-electron chi connectivity index (χ2n) is 5.18. The maximum atomic E-state index is 12.4. The summed E-state index contributed by atoms with van der Waals surface area (Å²) in [7, 11) is -1.26. The second-order valence-corrected chi connectivity index (χ2v) is 7.14. The van der Waals surface area contributed by atoms with Crippen molar-refractivity contribution < 1.29 is 13.2 Å². The quantitative estimate of drug-likeness (QED) is 0.718. The summed E-state index contributed by atoms with van der Waals surface area (Å²) >= 11 is 0. The molecule has 0 spiro atoms. The van der Waals surface area contributed by atoms with Crippen LogP contribution in [-0.4, -0.2) is 75.4 Å². The lowest BCUT2D eigenvalue weighted by atomic mass is 10.2. The monoisotopic (exact) mass is 277 g/mol. The van der Waals surface area contributed by atoms with Crippen molar-refractivity contribution in [1.82, 2.24) is 9.21 Å². The lowest BCUT2D eigenvalue weighted by molar-refractivity contribution is 0.123. The minimum Gasteiger partial charge on any atom is -0.377 e. The van der Waals surface area contributed by atoms with Gasteiger partial charge in [0.15, 0.2) is 0 Å². The molecule has 0 bridgehead atoms. The van der Waals surface area contributed by atoms with Gasteiger partial charge < -0.3 is 15.4 Å². The van der Waals surface area contributed by atoms with Gasteiger partial charge >= 0.3 is 0 Å². The summed E-state index contributed by atoms with van der Waals surface area (Å²) in [5.41, 5.74) is 5.70. The Morgan fingerprint density at radius 3 is 2.78 bits per heavy atom. The van der Waals surface area contributed by atoms with E-state index in [1.54, 1.807) is 4.31 Å². The molecule has 106 valence electrons. The first-order chi connectivity index (χ1) is 8.53. The number of likely N-dealkylation sites (N-methyl/N-ethyl adjacent to an activating group) is 1. The Hall–Kier alpha value is -0.210. The molecule has 2 saturated heterocycles. The fourth-order valence-electron chi connectivity index (χ4n) is 2.66. The van der Waals surface area contributed by atoms with E-state index in [4.69, 9.17) is 10.5 Å². The smallest absolute Gasteiger partial charge is 0.217 e. The van der Waals surface area contributed by atoms with Gasteiger partial charge in [-0.05, 0) is 19.9 Å². The summed E-state index contributed by atoms with van der Waals surface area (Å²) in [4.78, 5) is 2.12. The van der Waals surface area contributed by atoms with E-state index < -0.39 is 10.0 Å². The van der Waals surface area contributed by atoms with Crippen LogP contribution >= 0.6 is 0 Å². The van der Waals surface area contributed by atoms with Crippen LogP contribution < -0.4 is 5.73 Å². The molecule has 2 N–H and O–H groups in total. The number of nitrogens with two attached hydrogens (primary N) is 1. The first-order valence-electron chi connectivity index (χ1n) is 6.52. The Labute approximate surface area is 109 Å². The van der Waals surface area contributed by atoms with Crippen LogP contribution in [0.1, 0.15) is 12.8 Å². The van der Waals surface area contributed by atoms with Gasteiger partial charge in [-0.15, -0.1) is 0 Å². The minimum absolute atomic E-state index is 0.102. The van der Waals surface area contributed by atoms with Gasteiger partial charge in [-0.3, -0.25) is 0 Å². The SMILES string of the molecule is CN1CCN(S(=O)(=O)CC2CCCO2)C(CN)C1. The topological polar surface area (TPSA) is 75.9 Å². The third-order valence-corrected chi connectivity index (χ3v) is 5.67. The molecule has 0 radical (unpaired) electrons. The molecule has 2 aliphatic heterocycles. The van der Waals surface area contributed by atoms with Crippen LogP contribution in [0.4, 0.5) is 0 Å². The summed E-state index contributed by atoms with van der Waals surface area (Å²) in [6.45, 7) is 3.06. The maximum Gasteiger partial charge on any atom is 0.217 e. The van der Waals surface area contributed by atoms with Crippen LogP contribution in [0.2, 0.25) is 0 Å². The van der Waals surface area contributed by atoms with E-state index in [-0.39, 0.29) is 17.9 Å². The zero-order chi connectivity index (χ0) is 13.2. The van der Waals surface area contributed by atoms with Gasteiger partial charge in [0.1, 0.15) is 0 Å². The first-order valence-corrected chi connectivity index (χ1v) is 8.13. The number of ether oxygens (including phenoxy) is 1. The van der Waals surface area contributed by atoms with Crippen molar-refractivity contribution in [2.45, 2.75) is 25.0 Å². The average Bonchev–Trinajstić information content (AvgIpc) is 2.80. The molecule has 0 saturated carbocycles. The van der Waals surface area contributed by atoms with Crippen molar-refractivity contribution in [2.75, 3.05) is 45.6 Å². The van der Waals surface area contributed by atoms with Crippen LogP contribution in [-0.2, 0) is 14.8 Å². The molecule has 2 fully saturated rings. The van der Waals surface area contributed by atoms with Crippen LogP contribution in [0.15, 0.2) is 0 Å². The van der Waals surface area contributed by atoms with Crippen molar-refractivity contribution in [3.05, 3.63) is 0 Å². The van der Waals surface area contributed by atoms with Gasteiger partial charge in [0, 0.05) is 38.8 Å². The lowest BCUT2D eigenvalue weighted by Gasteiger charge is -2.38. The fraction of sp³-hybridized carbons (Fsp3) is 1.00. The molecule has 2 unspecified atom stereocenters. The molecule has 2 rings (SSSR count). The zero-order valence-electron chi connectivity index (χ0n) is 10.9. The van der Waals surface area contributed by atoms with Crippen molar-refractivity contribution in [2.24, 2.45) is 5.73 Å². The third kappa shape index (κ3) is 3.21. The summed E-state index contributed by atoms with van der Waals surface area (Å²) in [5.74, 6) is 0.104. The van der Waals surface area contributed by atoms with Crippen LogP contribution in [0.3, 0.4) is 0 Å². The largest absolute Gasteiger partial charge is 0.377 e. The number of rotatable bonds is 4. The molecule has 0 amide bonds. The second kappa shape index (κ2) is 5.83. The standard InChI is InChI=1S/C11H23N3O3S/c1-13-4-5-14(10(7-12)8-13)18(15,16)9-11-3-2-6-17-11/h10-11H,2-9,12H2,1H3. The zero-order valence-corrected chi connectivity index (χ0v) is 11.7. The summed E-state index contributed by atoms with van der Waals surface area (Å²) in [6, 6.07) is -0.102. The Kier molecular flexibility index (Phi) is 4.60. The highest BCUT2D eigenvalue weighted by atomic mass is 32.2. The van der Waals surface area contributed by atoms with Gasteiger partial charge in [0.25, 0.3) is 0 Å². The molecular weight excluding hydrogens is 254 g/mol. The van der Waals surface area contributed by atoms with Crippen molar-refractivity contribution in [3.8, 4) is 0 Å². The maximum absolute atomic E-state index is 12.4. The van der Waals surface area contributed by atoms with Gasteiger partial charge in [0.05, 0.1) is 11.9 Å². The number of sulfonamides is 1. The summed E-state index contributed by atoms with van der Waals surface area (Å²) < 4.78 is 31.8. The van der Waals surface area contributed by atoms with E-state index in [0.29, 0.717) is 26.2 Å². The van der Waals surface area contributed by atoms with Gasteiger partial charge in [-0.2, -0.15) is 4.31 Å². The first kappa shape index (κ1) is 14.2. The Morgan fingerprint density at radius 1 is 1.39 bits per heavy atom. The molecule has 18 heavy (non-hydrogen) atoms. The van der Waals surface area contributed by atoms with Gasteiger partial charge in [0.2, 0.25) is 10.0 Å². The highest BCUT2D eigenvalue weighted by molar-refractivity contribution is 7.89. The van der Waals surface area contributed by atoms with Crippen molar-refractivity contribution in [3.63, 3.8) is 0 Å². The fourth-order valence-corrected chi connectivity index (χ4v) is 4.55. The van der Waals surface area contributed by atoms with Crippen molar-refractivity contribution >= 4 is 10.0 Å². The number of hydrogen-bond donors (Lipinski definition) is 1. The molecule has 7 heteroatoms. The third-order valence-electron chi connectivity index (χ3n) is 3.68. The highest BCUT2D eigenvalue weighted by Gasteiger charge is 2.35. The van der Waals surface area contributed by atoms with E-state index in [1.807, 2.05) is 7.05 Å². The Balaban J connectivity index is 2.02. The van der Waals surface area contributed by atoms with E-state index >= 15 is 0 Å². The van der Waals surface area contributed by atoms with E-state index in [9.17, 15) is 8.42 Å².